The minimum Gasteiger partial charge on any atom is -0.329 e. The molecule has 1 N–H and O–H groups in total. The number of fused-ring (bicyclic) bond motifs is 1. The van der Waals surface area contributed by atoms with Crippen LogP contribution >= 0.6 is 11.3 Å². The highest BCUT2D eigenvalue weighted by atomic mass is 32.1. The van der Waals surface area contributed by atoms with Crippen LogP contribution in [0.3, 0.4) is 0 Å². The maximum absolute atomic E-state index is 12.8. The second-order valence-corrected chi connectivity index (χ2v) is 7.82. The van der Waals surface area contributed by atoms with Crippen molar-refractivity contribution >= 4 is 16.3 Å². The first kappa shape index (κ1) is 17.6. The molecule has 0 aliphatic rings. The van der Waals surface area contributed by atoms with Gasteiger partial charge < -0.3 is 4.90 Å². The number of hydrogen-bond acceptors (Lipinski definition) is 3. The predicted molar refractivity (Wildman–Crippen MR) is 110 cm³/mol. The van der Waals surface area contributed by atoms with E-state index in [1.165, 1.54) is 27.4 Å². The van der Waals surface area contributed by atoms with E-state index in [-0.39, 0.29) is 5.56 Å². The number of aromatic nitrogens is 2. The van der Waals surface area contributed by atoms with Crippen molar-refractivity contribution in [3.8, 4) is 11.3 Å². The molecule has 1 atom stereocenters. The highest BCUT2D eigenvalue weighted by Crippen LogP contribution is 2.23. The molecule has 4 nitrogen and oxygen atoms in total. The van der Waals surface area contributed by atoms with E-state index in [4.69, 9.17) is 4.98 Å². The van der Waals surface area contributed by atoms with Gasteiger partial charge in [0.2, 0.25) is 0 Å². The highest BCUT2D eigenvalue weighted by molar-refractivity contribution is 7.15. The summed E-state index contributed by atoms with van der Waals surface area (Å²) in [6, 6.07) is 20.2. The summed E-state index contributed by atoms with van der Waals surface area (Å²) in [7, 11) is 2.13. The second-order valence-electron chi connectivity index (χ2n) is 6.99. The Kier molecular flexibility index (Phi) is 4.88. The molecule has 4 aromatic rings. The molecule has 0 saturated carbocycles. The lowest BCUT2D eigenvalue weighted by molar-refractivity contribution is -0.908. The smallest absolute Gasteiger partial charge is 0.259 e. The molecule has 1 unspecified atom stereocenters. The van der Waals surface area contributed by atoms with Crippen LogP contribution in [0.2, 0.25) is 0 Å². The van der Waals surface area contributed by atoms with Crippen LogP contribution in [-0.2, 0) is 13.1 Å². The summed E-state index contributed by atoms with van der Waals surface area (Å²) in [6.45, 7) is 3.72. The molecule has 0 radical (unpaired) electrons. The molecule has 2 aromatic carbocycles. The van der Waals surface area contributed by atoms with Crippen molar-refractivity contribution < 1.29 is 4.90 Å². The Labute approximate surface area is 162 Å². The number of quaternary nitrogens is 1. The SMILES string of the molecule is Cc1ccc(C[NH+](C)Cc2cc(=O)n3c(-c4ccccc4)csc3n2)cc1. The molecule has 0 fully saturated rings. The minimum atomic E-state index is -0.0155. The van der Waals surface area contributed by atoms with Crippen molar-refractivity contribution in [3.63, 3.8) is 0 Å². The molecule has 0 aliphatic carbocycles. The summed E-state index contributed by atoms with van der Waals surface area (Å²) >= 11 is 1.51. The number of nitrogens with one attached hydrogen (secondary N) is 1. The zero-order valence-electron chi connectivity index (χ0n) is 15.5. The molecule has 2 heterocycles. The summed E-state index contributed by atoms with van der Waals surface area (Å²) in [6.07, 6.45) is 0. The van der Waals surface area contributed by atoms with Crippen LogP contribution in [0.15, 0.2) is 70.8 Å². The summed E-state index contributed by atoms with van der Waals surface area (Å²) in [5, 5.41) is 2.01. The van der Waals surface area contributed by atoms with Crippen LogP contribution in [0, 0.1) is 6.92 Å². The first-order valence-electron chi connectivity index (χ1n) is 9.02. The molecule has 0 amide bonds. The molecule has 27 heavy (non-hydrogen) atoms. The first-order valence-corrected chi connectivity index (χ1v) is 9.90. The van der Waals surface area contributed by atoms with Gasteiger partial charge in [-0.25, -0.2) is 4.98 Å². The van der Waals surface area contributed by atoms with Crippen molar-refractivity contribution in [1.82, 2.24) is 9.38 Å². The van der Waals surface area contributed by atoms with Crippen LogP contribution in [-0.4, -0.2) is 16.4 Å². The van der Waals surface area contributed by atoms with Gasteiger partial charge in [0.15, 0.2) is 4.96 Å². The largest absolute Gasteiger partial charge is 0.329 e. The van der Waals surface area contributed by atoms with Crippen LogP contribution in [0.5, 0.6) is 0 Å². The van der Waals surface area contributed by atoms with Crippen molar-refractivity contribution in [3.05, 3.63) is 93.2 Å². The van der Waals surface area contributed by atoms with E-state index in [0.29, 0.717) is 0 Å². The summed E-state index contributed by atoms with van der Waals surface area (Å²) in [4.78, 5) is 19.5. The van der Waals surface area contributed by atoms with Gasteiger partial charge in [0.25, 0.3) is 5.56 Å². The Morgan fingerprint density at radius 1 is 1.04 bits per heavy atom. The van der Waals surface area contributed by atoms with Crippen LogP contribution in [0.1, 0.15) is 16.8 Å². The molecule has 4 rings (SSSR count). The van der Waals surface area contributed by atoms with E-state index in [2.05, 4.69) is 38.2 Å². The highest BCUT2D eigenvalue weighted by Gasteiger charge is 2.13. The van der Waals surface area contributed by atoms with Gasteiger partial charge in [-0.3, -0.25) is 9.20 Å². The van der Waals surface area contributed by atoms with E-state index in [0.717, 1.165) is 35.0 Å². The minimum absolute atomic E-state index is 0.0155. The lowest BCUT2D eigenvalue weighted by Crippen LogP contribution is -3.06. The van der Waals surface area contributed by atoms with Gasteiger partial charge in [-0.15, -0.1) is 11.3 Å². The maximum atomic E-state index is 12.8. The van der Waals surface area contributed by atoms with Gasteiger partial charge in [-0.2, -0.15) is 0 Å². The number of thiazole rings is 1. The zero-order valence-corrected chi connectivity index (χ0v) is 16.3. The predicted octanol–water partition coefficient (Wildman–Crippen LogP) is 2.95. The van der Waals surface area contributed by atoms with Gasteiger partial charge in [0, 0.05) is 17.0 Å². The normalized spacial score (nSPS) is 12.4. The zero-order chi connectivity index (χ0) is 18.8. The average molecular weight is 377 g/mol. The van der Waals surface area contributed by atoms with Gasteiger partial charge in [0.1, 0.15) is 18.8 Å². The number of hydrogen-bond donors (Lipinski definition) is 1. The second kappa shape index (κ2) is 7.47. The third-order valence-electron chi connectivity index (χ3n) is 4.64. The molecule has 0 saturated heterocycles. The number of aryl methyl sites for hydroxylation is 1. The van der Waals surface area contributed by atoms with E-state index < -0.39 is 0 Å². The molecule has 0 spiro atoms. The lowest BCUT2D eigenvalue weighted by Gasteiger charge is -2.14. The fourth-order valence-corrected chi connectivity index (χ4v) is 4.21. The fraction of sp³-hybridized carbons (Fsp3) is 0.182. The van der Waals surface area contributed by atoms with Crippen molar-refractivity contribution in [2.45, 2.75) is 20.0 Å². The van der Waals surface area contributed by atoms with Crippen LogP contribution in [0.4, 0.5) is 0 Å². The van der Waals surface area contributed by atoms with Crippen molar-refractivity contribution in [2.75, 3.05) is 7.05 Å². The van der Waals surface area contributed by atoms with Crippen LogP contribution < -0.4 is 10.5 Å². The Balaban J connectivity index is 1.58. The average Bonchev–Trinajstić information content (AvgIpc) is 3.09. The van der Waals surface area contributed by atoms with Crippen LogP contribution in [0.25, 0.3) is 16.2 Å². The number of rotatable bonds is 5. The quantitative estimate of drug-likeness (QED) is 0.582. The monoisotopic (exact) mass is 376 g/mol. The molecule has 2 aromatic heterocycles. The van der Waals surface area contributed by atoms with E-state index in [1.54, 1.807) is 10.5 Å². The van der Waals surface area contributed by atoms with Crippen molar-refractivity contribution in [1.29, 1.82) is 0 Å². The van der Waals surface area contributed by atoms with Gasteiger partial charge in [0.05, 0.1) is 12.7 Å². The fourth-order valence-electron chi connectivity index (χ4n) is 3.29. The number of nitrogens with zero attached hydrogens (tertiary/aromatic N) is 2. The van der Waals surface area contributed by atoms with E-state index >= 15 is 0 Å². The maximum Gasteiger partial charge on any atom is 0.259 e. The molecule has 0 aliphatic heterocycles. The van der Waals surface area contributed by atoms with Gasteiger partial charge in [-0.1, -0.05) is 60.2 Å². The molecule has 5 heteroatoms. The summed E-state index contributed by atoms with van der Waals surface area (Å²) in [5.41, 5.74) is 5.31. The molecule has 136 valence electrons. The Bertz CT molecular complexity index is 1110. The van der Waals surface area contributed by atoms with E-state index in [1.807, 2.05) is 35.7 Å². The molecule has 0 bridgehead atoms. The standard InChI is InChI=1S/C22H21N3OS/c1-16-8-10-17(11-9-16)13-24(2)14-19-12-21(26)25-20(15-27-22(25)23-19)18-6-4-3-5-7-18/h3-12,15H,13-14H2,1-2H3/p+1. The first-order chi connectivity index (χ1) is 13.1. The topological polar surface area (TPSA) is 38.8 Å². The van der Waals surface area contributed by atoms with Crippen molar-refractivity contribution in [2.24, 2.45) is 0 Å². The third-order valence-corrected chi connectivity index (χ3v) is 5.46. The molecular weight excluding hydrogens is 354 g/mol. The Hall–Kier alpha value is -2.76. The summed E-state index contributed by atoms with van der Waals surface area (Å²) < 4.78 is 1.71. The van der Waals surface area contributed by atoms with E-state index in [9.17, 15) is 4.79 Å². The number of benzene rings is 2. The third kappa shape index (κ3) is 3.84. The summed E-state index contributed by atoms with van der Waals surface area (Å²) in [5.74, 6) is 0. The Morgan fingerprint density at radius 2 is 1.78 bits per heavy atom. The van der Waals surface area contributed by atoms with Gasteiger partial charge >= 0.3 is 0 Å². The van der Waals surface area contributed by atoms with Gasteiger partial charge in [-0.05, 0) is 12.5 Å². The Morgan fingerprint density at radius 3 is 2.52 bits per heavy atom. The lowest BCUT2D eigenvalue weighted by atomic mass is 10.1. The molecular formula is C22H22N3OS+.